The van der Waals surface area contributed by atoms with Gasteiger partial charge in [-0.1, -0.05) is 67.1 Å². The van der Waals surface area contributed by atoms with Crippen LogP contribution in [0.15, 0.2) is 59.6 Å². The Balaban J connectivity index is 0.00000420. The zero-order chi connectivity index (χ0) is 20.4. The van der Waals surface area contributed by atoms with Crippen LogP contribution >= 0.6 is 24.0 Å². The number of hydrogen-bond acceptors (Lipinski definition) is 3. The third-order valence-electron chi connectivity index (χ3n) is 4.56. The van der Waals surface area contributed by atoms with Gasteiger partial charge in [-0.15, -0.1) is 24.0 Å². The summed E-state index contributed by atoms with van der Waals surface area (Å²) in [5.74, 6) is 1.30. The fraction of sp³-hybridized carbons (Fsp3) is 0.409. The highest BCUT2D eigenvalue weighted by Gasteiger charge is 2.12. The summed E-state index contributed by atoms with van der Waals surface area (Å²) < 4.78 is 24.5. The first kappa shape index (κ1) is 25.4. The van der Waals surface area contributed by atoms with E-state index in [1.54, 1.807) is 7.05 Å². The SMILES string of the molecule is CN=C(NCCCS(=O)(=O)Cc1ccccc1)NCC(C)c1cccc(C)c1.I. The Hall–Kier alpha value is -1.61. The zero-order valence-corrected chi connectivity index (χ0v) is 20.5. The fourth-order valence-corrected chi connectivity index (χ4v) is 4.39. The van der Waals surface area contributed by atoms with Gasteiger partial charge in [-0.2, -0.15) is 0 Å². The van der Waals surface area contributed by atoms with Crippen LogP contribution in [-0.2, 0) is 15.6 Å². The monoisotopic (exact) mass is 529 g/mol. The van der Waals surface area contributed by atoms with E-state index >= 15 is 0 Å². The number of aryl methyl sites for hydroxylation is 1. The third kappa shape index (κ3) is 9.62. The molecule has 2 aromatic carbocycles. The van der Waals surface area contributed by atoms with Crippen molar-refractivity contribution in [1.82, 2.24) is 10.6 Å². The molecule has 0 saturated carbocycles. The summed E-state index contributed by atoms with van der Waals surface area (Å²) in [5, 5.41) is 6.51. The highest BCUT2D eigenvalue weighted by Crippen LogP contribution is 2.15. The number of halogens is 1. The Labute approximate surface area is 192 Å². The van der Waals surface area contributed by atoms with Crippen molar-refractivity contribution in [2.75, 3.05) is 25.9 Å². The van der Waals surface area contributed by atoms with E-state index in [0.717, 1.165) is 12.1 Å². The van der Waals surface area contributed by atoms with Crippen LogP contribution in [0.1, 0.15) is 36.0 Å². The summed E-state index contributed by atoms with van der Waals surface area (Å²) in [7, 11) is -1.38. The quantitative estimate of drug-likeness (QED) is 0.224. The number of rotatable bonds is 9. The Morgan fingerprint density at radius 1 is 1.07 bits per heavy atom. The smallest absolute Gasteiger partial charge is 0.190 e. The molecule has 2 aromatic rings. The third-order valence-corrected chi connectivity index (χ3v) is 6.25. The molecule has 160 valence electrons. The molecule has 0 aliphatic rings. The number of nitrogens with one attached hydrogen (secondary N) is 2. The molecule has 0 radical (unpaired) electrons. The maximum absolute atomic E-state index is 12.2. The minimum atomic E-state index is -3.11. The number of nitrogens with zero attached hydrogens (tertiary/aromatic N) is 1. The summed E-state index contributed by atoms with van der Waals surface area (Å²) in [4.78, 5) is 4.22. The highest BCUT2D eigenvalue weighted by atomic mass is 127. The van der Waals surface area contributed by atoms with Crippen molar-refractivity contribution in [1.29, 1.82) is 0 Å². The Morgan fingerprint density at radius 3 is 2.45 bits per heavy atom. The van der Waals surface area contributed by atoms with E-state index in [1.165, 1.54) is 11.1 Å². The topological polar surface area (TPSA) is 70.6 Å². The lowest BCUT2D eigenvalue weighted by Gasteiger charge is -2.17. The van der Waals surface area contributed by atoms with Crippen molar-refractivity contribution in [2.24, 2.45) is 4.99 Å². The molecule has 0 spiro atoms. The summed E-state index contributed by atoms with van der Waals surface area (Å²) >= 11 is 0. The van der Waals surface area contributed by atoms with Crippen molar-refractivity contribution in [2.45, 2.75) is 31.9 Å². The van der Waals surface area contributed by atoms with Crippen LogP contribution in [0.3, 0.4) is 0 Å². The molecular weight excluding hydrogens is 497 g/mol. The number of hydrogen-bond donors (Lipinski definition) is 2. The summed E-state index contributed by atoms with van der Waals surface area (Å²) in [5.41, 5.74) is 3.37. The standard InChI is InChI=1S/C22H31N3O2S.HI/c1-18-9-7-12-21(15-18)19(2)16-25-22(23-3)24-13-8-14-28(26,27)17-20-10-5-4-6-11-20;/h4-7,9-12,15,19H,8,13-14,16-17H2,1-3H3,(H2,23,24,25);1H. The minimum absolute atomic E-state index is 0. The lowest BCUT2D eigenvalue weighted by atomic mass is 9.99. The second kappa shape index (κ2) is 12.8. The zero-order valence-electron chi connectivity index (χ0n) is 17.4. The van der Waals surface area contributed by atoms with Crippen molar-refractivity contribution >= 4 is 39.8 Å². The molecular formula is C22H32IN3O2S. The second-order valence-electron chi connectivity index (χ2n) is 7.13. The van der Waals surface area contributed by atoms with E-state index in [0.29, 0.717) is 24.8 Å². The lowest BCUT2D eigenvalue weighted by molar-refractivity contribution is 0.591. The molecule has 0 saturated heterocycles. The van der Waals surface area contributed by atoms with E-state index in [1.807, 2.05) is 30.3 Å². The van der Waals surface area contributed by atoms with Crippen LogP contribution in [0.4, 0.5) is 0 Å². The molecule has 0 aliphatic carbocycles. The van der Waals surface area contributed by atoms with Gasteiger partial charge in [0, 0.05) is 20.1 Å². The number of sulfone groups is 1. The van der Waals surface area contributed by atoms with Gasteiger partial charge in [0.1, 0.15) is 0 Å². The summed E-state index contributed by atoms with van der Waals surface area (Å²) in [6.07, 6.45) is 0.545. The molecule has 5 nitrogen and oxygen atoms in total. The van der Waals surface area contributed by atoms with Gasteiger partial charge in [-0.25, -0.2) is 8.42 Å². The van der Waals surface area contributed by atoms with E-state index in [4.69, 9.17) is 0 Å². The van der Waals surface area contributed by atoms with Crippen LogP contribution in [0.25, 0.3) is 0 Å². The molecule has 1 unspecified atom stereocenters. The molecule has 29 heavy (non-hydrogen) atoms. The highest BCUT2D eigenvalue weighted by molar-refractivity contribution is 14.0. The van der Waals surface area contributed by atoms with Gasteiger partial charge in [-0.3, -0.25) is 4.99 Å². The first-order chi connectivity index (χ1) is 13.4. The number of benzene rings is 2. The maximum Gasteiger partial charge on any atom is 0.190 e. The average Bonchev–Trinajstić information content (AvgIpc) is 2.67. The van der Waals surface area contributed by atoms with Crippen molar-refractivity contribution in [3.63, 3.8) is 0 Å². The van der Waals surface area contributed by atoms with E-state index < -0.39 is 9.84 Å². The van der Waals surface area contributed by atoms with Crippen molar-refractivity contribution in [3.8, 4) is 0 Å². The van der Waals surface area contributed by atoms with Gasteiger partial charge >= 0.3 is 0 Å². The van der Waals surface area contributed by atoms with Crippen LogP contribution in [0.2, 0.25) is 0 Å². The first-order valence-corrected chi connectivity index (χ1v) is 11.5. The molecule has 0 amide bonds. The molecule has 0 aliphatic heterocycles. The van der Waals surface area contributed by atoms with Gasteiger partial charge < -0.3 is 10.6 Å². The Kier molecular flexibility index (Phi) is 11.3. The second-order valence-corrected chi connectivity index (χ2v) is 9.31. The summed E-state index contributed by atoms with van der Waals surface area (Å²) in [6.45, 7) is 5.59. The molecule has 0 bridgehead atoms. The van der Waals surface area contributed by atoms with Gasteiger partial charge in [0.15, 0.2) is 15.8 Å². The van der Waals surface area contributed by atoms with Gasteiger partial charge in [-0.05, 0) is 30.4 Å². The van der Waals surface area contributed by atoms with Crippen LogP contribution in [-0.4, -0.2) is 40.3 Å². The van der Waals surface area contributed by atoms with Crippen molar-refractivity contribution in [3.05, 3.63) is 71.3 Å². The predicted octanol–water partition coefficient (Wildman–Crippen LogP) is 3.89. The Morgan fingerprint density at radius 2 is 1.79 bits per heavy atom. The van der Waals surface area contributed by atoms with Crippen LogP contribution in [0, 0.1) is 6.92 Å². The van der Waals surface area contributed by atoms with Crippen LogP contribution < -0.4 is 10.6 Å². The number of guanidine groups is 1. The largest absolute Gasteiger partial charge is 0.356 e. The van der Waals surface area contributed by atoms with E-state index in [9.17, 15) is 8.42 Å². The van der Waals surface area contributed by atoms with E-state index in [2.05, 4.69) is 53.7 Å². The summed E-state index contributed by atoms with van der Waals surface area (Å²) in [6, 6.07) is 17.8. The Bertz CT molecular complexity index is 871. The fourth-order valence-electron chi connectivity index (χ4n) is 2.96. The molecule has 0 fully saturated rings. The van der Waals surface area contributed by atoms with Gasteiger partial charge in [0.25, 0.3) is 0 Å². The van der Waals surface area contributed by atoms with Crippen LogP contribution in [0.5, 0.6) is 0 Å². The molecule has 0 aromatic heterocycles. The molecule has 2 N–H and O–H groups in total. The predicted molar refractivity (Wildman–Crippen MR) is 133 cm³/mol. The lowest BCUT2D eigenvalue weighted by Crippen LogP contribution is -2.39. The maximum atomic E-state index is 12.2. The van der Waals surface area contributed by atoms with Crippen molar-refractivity contribution < 1.29 is 8.42 Å². The normalized spacial score (nSPS) is 12.7. The number of aliphatic imine (C=N–C) groups is 1. The molecule has 1 atom stereocenters. The average molecular weight is 529 g/mol. The molecule has 0 heterocycles. The van der Waals surface area contributed by atoms with Gasteiger partial charge in [0.2, 0.25) is 0 Å². The van der Waals surface area contributed by atoms with E-state index in [-0.39, 0.29) is 35.5 Å². The van der Waals surface area contributed by atoms with Gasteiger partial charge in [0.05, 0.1) is 11.5 Å². The molecule has 2 rings (SSSR count). The minimum Gasteiger partial charge on any atom is -0.356 e. The first-order valence-electron chi connectivity index (χ1n) is 9.65. The molecule has 7 heteroatoms.